The molecule has 1 aromatic carbocycles. The minimum Gasteiger partial charge on any atom is -0.505 e. The molecule has 1 fully saturated rings. The number of phenols is 1. The highest BCUT2D eigenvalue weighted by Gasteiger charge is 2.39. The number of rotatable bonds is 3. The predicted molar refractivity (Wildman–Crippen MR) is 127 cm³/mol. The van der Waals surface area contributed by atoms with E-state index in [0.717, 1.165) is 35.3 Å². The molecule has 2 N–H and O–H groups in total. The molecule has 3 aromatic rings. The first-order valence-electron chi connectivity index (χ1n) is 10.9. The molecule has 4 rings (SSSR count). The molecule has 1 aliphatic heterocycles. The lowest BCUT2D eigenvalue weighted by Gasteiger charge is -2.49. The first-order chi connectivity index (χ1) is 14.5. The molecule has 1 saturated heterocycles. The Hall–Kier alpha value is -2.73. The lowest BCUT2D eigenvalue weighted by molar-refractivity contribution is 0.160. The van der Waals surface area contributed by atoms with E-state index in [-0.39, 0.29) is 16.8 Å². The van der Waals surface area contributed by atoms with Crippen molar-refractivity contribution in [3.63, 3.8) is 0 Å². The van der Waals surface area contributed by atoms with Gasteiger partial charge in [-0.3, -0.25) is 0 Å². The number of aromatic nitrogens is 3. The van der Waals surface area contributed by atoms with Crippen LogP contribution >= 0.6 is 0 Å². The molecule has 0 saturated carbocycles. The van der Waals surface area contributed by atoms with Gasteiger partial charge in [0.1, 0.15) is 5.52 Å². The van der Waals surface area contributed by atoms with E-state index >= 15 is 0 Å². The van der Waals surface area contributed by atoms with Crippen LogP contribution in [0.4, 0.5) is 5.82 Å². The molecular weight excluding hydrogens is 386 g/mol. The molecule has 0 unspecified atom stereocenters. The highest BCUT2D eigenvalue weighted by Crippen LogP contribution is 2.36. The second-order valence-corrected chi connectivity index (χ2v) is 10.3. The Balaban J connectivity index is 1.63. The lowest BCUT2D eigenvalue weighted by Crippen LogP contribution is -2.62. The van der Waals surface area contributed by atoms with Crippen molar-refractivity contribution in [1.29, 1.82) is 0 Å². The molecule has 1 aliphatic rings. The van der Waals surface area contributed by atoms with E-state index in [1.165, 1.54) is 0 Å². The summed E-state index contributed by atoms with van der Waals surface area (Å²) in [6, 6.07) is 10.2. The number of benzene rings is 1. The van der Waals surface area contributed by atoms with Gasteiger partial charge in [0.2, 0.25) is 0 Å². The maximum absolute atomic E-state index is 10.9. The van der Waals surface area contributed by atoms with Crippen molar-refractivity contribution in [2.75, 3.05) is 11.9 Å². The van der Waals surface area contributed by atoms with Gasteiger partial charge >= 0.3 is 0 Å². The monoisotopic (exact) mass is 419 g/mol. The summed E-state index contributed by atoms with van der Waals surface area (Å²) in [5.74, 6) is 0.991. The molecular formula is C25H33N5O. The number of pyridine rings is 1. The average molecular weight is 420 g/mol. The highest BCUT2D eigenvalue weighted by molar-refractivity contribution is 5.91. The van der Waals surface area contributed by atoms with E-state index < -0.39 is 0 Å². The number of fused-ring (bicyclic) bond motifs is 1. The molecule has 0 radical (unpaired) electrons. The maximum Gasteiger partial charge on any atom is 0.151 e. The minimum absolute atomic E-state index is 0.0639. The molecule has 31 heavy (non-hydrogen) atoms. The summed E-state index contributed by atoms with van der Waals surface area (Å²) in [6.07, 6.45) is 2.07. The van der Waals surface area contributed by atoms with Gasteiger partial charge in [0, 0.05) is 40.8 Å². The zero-order chi connectivity index (χ0) is 22.6. The molecule has 3 heterocycles. The van der Waals surface area contributed by atoms with Crippen LogP contribution in [0.25, 0.3) is 22.2 Å². The highest BCUT2D eigenvalue weighted by atomic mass is 16.3. The van der Waals surface area contributed by atoms with Gasteiger partial charge < -0.3 is 15.3 Å². The Morgan fingerprint density at radius 2 is 1.68 bits per heavy atom. The fraction of sp³-hybridized carbons (Fsp3) is 0.480. The first-order valence-corrected chi connectivity index (χ1v) is 10.9. The molecule has 0 aliphatic carbocycles. The molecule has 6 nitrogen and oxygen atoms in total. The number of hydrogen-bond donors (Lipinski definition) is 2. The third-order valence-corrected chi connectivity index (χ3v) is 6.41. The van der Waals surface area contributed by atoms with E-state index in [4.69, 9.17) is 0 Å². The van der Waals surface area contributed by atoms with Crippen molar-refractivity contribution in [1.82, 2.24) is 20.5 Å². The lowest BCUT2D eigenvalue weighted by atomic mass is 9.79. The molecule has 0 atom stereocenters. The molecule has 0 spiro atoms. The Bertz CT molecular complexity index is 1100. The van der Waals surface area contributed by atoms with Gasteiger partial charge in [-0.05, 0) is 84.2 Å². The van der Waals surface area contributed by atoms with Crippen molar-refractivity contribution in [2.45, 2.75) is 71.5 Å². The third kappa shape index (κ3) is 4.22. The van der Waals surface area contributed by atoms with Crippen molar-refractivity contribution >= 4 is 16.7 Å². The summed E-state index contributed by atoms with van der Waals surface area (Å²) >= 11 is 0. The normalized spacial score (nSPS) is 18.3. The van der Waals surface area contributed by atoms with Crippen LogP contribution in [-0.2, 0) is 0 Å². The average Bonchev–Trinajstić information content (AvgIpc) is 2.67. The van der Waals surface area contributed by atoms with E-state index in [0.29, 0.717) is 22.8 Å². The summed E-state index contributed by atoms with van der Waals surface area (Å²) < 4.78 is 0. The van der Waals surface area contributed by atoms with Crippen LogP contribution < -0.4 is 10.2 Å². The standard InChI is InChI=1S/C25H33N5O/c1-15-12-17-8-9-19(23(31)22(17)26-16(15)2)20-10-11-21(28-27-20)30(7)18-13-24(3,4)29-25(5,6)14-18/h8-12,18,29,31H,13-14H2,1-7H3. The minimum atomic E-state index is 0.0639. The van der Waals surface area contributed by atoms with Crippen LogP contribution in [0.1, 0.15) is 51.8 Å². The molecule has 0 amide bonds. The van der Waals surface area contributed by atoms with E-state index in [9.17, 15) is 5.11 Å². The summed E-state index contributed by atoms with van der Waals surface area (Å²) in [4.78, 5) is 6.81. The zero-order valence-electron chi connectivity index (χ0n) is 19.6. The van der Waals surface area contributed by atoms with Crippen molar-refractivity contribution in [2.24, 2.45) is 0 Å². The first kappa shape index (κ1) is 21.5. The van der Waals surface area contributed by atoms with Gasteiger partial charge in [0.25, 0.3) is 0 Å². The fourth-order valence-electron chi connectivity index (χ4n) is 5.02. The molecule has 2 aromatic heterocycles. The van der Waals surface area contributed by atoms with Gasteiger partial charge in [-0.2, -0.15) is 0 Å². The number of aromatic hydroxyl groups is 1. The van der Waals surface area contributed by atoms with Crippen LogP contribution in [0.2, 0.25) is 0 Å². The summed E-state index contributed by atoms with van der Waals surface area (Å²) in [7, 11) is 2.09. The van der Waals surface area contributed by atoms with Gasteiger partial charge in [-0.1, -0.05) is 6.07 Å². The summed E-state index contributed by atoms with van der Waals surface area (Å²) in [5, 5.41) is 24.5. The summed E-state index contributed by atoms with van der Waals surface area (Å²) in [6.45, 7) is 13.0. The van der Waals surface area contributed by atoms with Crippen molar-refractivity contribution in [3.05, 3.63) is 41.6 Å². The largest absolute Gasteiger partial charge is 0.505 e. The maximum atomic E-state index is 10.9. The van der Waals surface area contributed by atoms with Gasteiger partial charge in [0.15, 0.2) is 11.6 Å². The third-order valence-electron chi connectivity index (χ3n) is 6.41. The molecule has 164 valence electrons. The SMILES string of the molecule is Cc1cc2ccc(-c3ccc(N(C)C4CC(C)(C)NC(C)(C)C4)nn3)c(O)c2nc1C. The Labute approximate surface area is 184 Å². The number of anilines is 1. The smallest absolute Gasteiger partial charge is 0.151 e. The Morgan fingerprint density at radius 1 is 1.00 bits per heavy atom. The van der Waals surface area contributed by atoms with E-state index in [2.05, 4.69) is 60.1 Å². The van der Waals surface area contributed by atoms with Gasteiger partial charge in [0.05, 0.1) is 5.69 Å². The molecule has 6 heteroatoms. The number of phenolic OH excluding ortho intramolecular Hbond substituents is 1. The Morgan fingerprint density at radius 3 is 2.29 bits per heavy atom. The molecule has 0 bridgehead atoms. The van der Waals surface area contributed by atoms with Crippen molar-refractivity contribution in [3.8, 4) is 17.0 Å². The van der Waals surface area contributed by atoms with Crippen LogP contribution in [0, 0.1) is 13.8 Å². The van der Waals surface area contributed by atoms with Crippen molar-refractivity contribution < 1.29 is 5.11 Å². The van der Waals surface area contributed by atoms with Crippen LogP contribution in [0.3, 0.4) is 0 Å². The predicted octanol–water partition coefficient (Wildman–Crippen LogP) is 4.76. The number of nitrogens with one attached hydrogen (secondary N) is 1. The van der Waals surface area contributed by atoms with E-state index in [1.54, 1.807) is 0 Å². The number of piperidine rings is 1. The van der Waals surface area contributed by atoms with E-state index in [1.807, 2.05) is 44.2 Å². The second-order valence-electron chi connectivity index (χ2n) is 10.3. The van der Waals surface area contributed by atoms with Crippen LogP contribution in [-0.4, -0.2) is 44.5 Å². The van der Waals surface area contributed by atoms with Gasteiger partial charge in [-0.15, -0.1) is 10.2 Å². The second kappa shape index (κ2) is 7.45. The number of hydrogen-bond acceptors (Lipinski definition) is 6. The fourth-order valence-corrected chi connectivity index (χ4v) is 5.02. The zero-order valence-corrected chi connectivity index (χ0v) is 19.6. The Kier molecular flexibility index (Phi) is 5.16. The number of aryl methyl sites for hydroxylation is 2. The number of nitrogens with zero attached hydrogens (tertiary/aromatic N) is 4. The summed E-state index contributed by atoms with van der Waals surface area (Å²) in [5.41, 5.74) is 4.04. The topological polar surface area (TPSA) is 74.2 Å². The van der Waals surface area contributed by atoms with Crippen LogP contribution in [0.5, 0.6) is 5.75 Å². The quantitative estimate of drug-likeness (QED) is 0.638. The van der Waals surface area contributed by atoms with Gasteiger partial charge in [-0.25, -0.2) is 4.98 Å². The van der Waals surface area contributed by atoms with Crippen LogP contribution in [0.15, 0.2) is 30.3 Å².